The molecule has 0 spiro atoms. The summed E-state index contributed by atoms with van der Waals surface area (Å²) < 4.78 is 24.2. The average molecular weight is 486 g/mol. The Morgan fingerprint density at radius 1 is 1.24 bits per heavy atom. The normalized spacial score (nSPS) is 25.2. The summed E-state index contributed by atoms with van der Waals surface area (Å²) in [5.74, 6) is -0.475. The molecule has 34 heavy (non-hydrogen) atoms. The number of nitrogens with zero attached hydrogens (tertiary/aromatic N) is 1. The number of hydrogen-bond acceptors (Lipinski definition) is 5. The topological polar surface area (TPSA) is 89.6 Å². The summed E-state index contributed by atoms with van der Waals surface area (Å²) in [5, 5.41) is 6.14. The predicted molar refractivity (Wildman–Crippen MR) is 124 cm³/mol. The number of carbonyl (C=O) groups excluding carboxylic acids is 2. The van der Waals surface area contributed by atoms with Crippen molar-refractivity contribution in [1.29, 1.82) is 0 Å². The molecule has 2 amide bonds. The van der Waals surface area contributed by atoms with Crippen molar-refractivity contribution in [3.63, 3.8) is 0 Å². The third-order valence-corrected chi connectivity index (χ3v) is 7.10. The minimum atomic E-state index is -0.598. The van der Waals surface area contributed by atoms with Gasteiger partial charge in [-0.3, -0.25) is 14.6 Å². The van der Waals surface area contributed by atoms with Gasteiger partial charge in [-0.2, -0.15) is 0 Å². The van der Waals surface area contributed by atoms with Crippen molar-refractivity contribution in [2.45, 2.75) is 37.3 Å². The molecule has 6 rings (SSSR count). The van der Waals surface area contributed by atoms with Crippen LogP contribution in [0.25, 0.3) is 5.57 Å². The number of hydrogen-bond donors (Lipinski definition) is 2. The van der Waals surface area contributed by atoms with Crippen LogP contribution >= 0.6 is 11.6 Å². The first-order valence-electron chi connectivity index (χ1n) is 11.3. The summed E-state index contributed by atoms with van der Waals surface area (Å²) >= 11 is 5.66. The van der Waals surface area contributed by atoms with E-state index >= 15 is 0 Å². The second-order valence-corrected chi connectivity index (χ2v) is 9.54. The van der Waals surface area contributed by atoms with Crippen LogP contribution in [0.15, 0.2) is 42.6 Å². The highest BCUT2D eigenvalue weighted by Crippen LogP contribution is 2.52. The van der Waals surface area contributed by atoms with Crippen molar-refractivity contribution in [2.75, 3.05) is 19.8 Å². The lowest BCUT2D eigenvalue weighted by molar-refractivity contribution is -0.124. The molecule has 178 valence electrons. The van der Waals surface area contributed by atoms with Crippen molar-refractivity contribution in [2.24, 2.45) is 5.92 Å². The van der Waals surface area contributed by atoms with Gasteiger partial charge >= 0.3 is 0 Å². The Morgan fingerprint density at radius 3 is 2.79 bits per heavy atom. The van der Waals surface area contributed by atoms with Crippen molar-refractivity contribution in [3.05, 3.63) is 64.7 Å². The van der Waals surface area contributed by atoms with Crippen LogP contribution in [-0.4, -0.2) is 48.2 Å². The average Bonchev–Trinajstić information content (AvgIpc) is 3.34. The number of carbonyl (C=O) groups is 2. The van der Waals surface area contributed by atoms with Gasteiger partial charge in [-0.1, -0.05) is 17.7 Å². The molecule has 2 N–H and O–H groups in total. The molecule has 9 heteroatoms. The van der Waals surface area contributed by atoms with Crippen LogP contribution in [-0.2, 0) is 9.53 Å². The first kappa shape index (κ1) is 22.8. The van der Waals surface area contributed by atoms with Crippen molar-refractivity contribution in [3.8, 4) is 5.75 Å². The molecule has 2 aromatic rings. The van der Waals surface area contributed by atoms with Crippen LogP contribution < -0.4 is 15.4 Å². The number of nitrogens with one attached hydrogen (secondary N) is 2. The highest BCUT2D eigenvalue weighted by Gasteiger charge is 2.57. The molecule has 0 saturated heterocycles. The number of pyridine rings is 1. The molecule has 1 aromatic heterocycles. The maximum absolute atomic E-state index is 13.5. The molecule has 3 saturated carbocycles. The molecule has 1 aliphatic heterocycles. The summed E-state index contributed by atoms with van der Waals surface area (Å²) in [5.41, 5.74) is 2.22. The van der Waals surface area contributed by atoms with E-state index in [0.717, 1.165) is 36.6 Å². The molecule has 2 bridgehead atoms. The van der Waals surface area contributed by atoms with Gasteiger partial charge in [0.15, 0.2) is 6.61 Å². The van der Waals surface area contributed by atoms with Crippen LogP contribution in [0.2, 0.25) is 5.02 Å². The Hall–Kier alpha value is -2.97. The number of fused-ring (bicyclic) bond motifs is 1. The van der Waals surface area contributed by atoms with E-state index in [4.69, 9.17) is 21.1 Å². The largest absolute Gasteiger partial charge is 0.484 e. The van der Waals surface area contributed by atoms with E-state index in [9.17, 15) is 14.0 Å². The molecule has 2 heterocycles. The molecule has 0 unspecified atom stereocenters. The fourth-order valence-corrected chi connectivity index (χ4v) is 5.18. The number of halogens is 2. The Balaban J connectivity index is 1.11. The fourth-order valence-electron chi connectivity index (χ4n) is 5.06. The van der Waals surface area contributed by atoms with Crippen molar-refractivity contribution >= 4 is 29.0 Å². The molecule has 3 aliphatic carbocycles. The van der Waals surface area contributed by atoms with Gasteiger partial charge in [0.05, 0.1) is 29.5 Å². The van der Waals surface area contributed by atoms with Gasteiger partial charge in [-0.05, 0) is 61.4 Å². The first-order chi connectivity index (χ1) is 16.4. The van der Waals surface area contributed by atoms with E-state index < -0.39 is 5.82 Å². The second kappa shape index (κ2) is 9.35. The molecular formula is C25H25ClFN3O4. The highest BCUT2D eigenvalue weighted by molar-refractivity contribution is 6.30. The van der Waals surface area contributed by atoms with E-state index in [-0.39, 0.29) is 40.8 Å². The second-order valence-electron chi connectivity index (χ2n) is 9.13. The minimum Gasteiger partial charge on any atom is -0.484 e. The molecule has 1 aromatic carbocycles. The monoisotopic (exact) mass is 485 g/mol. The van der Waals surface area contributed by atoms with Gasteiger partial charge in [0.2, 0.25) is 0 Å². The van der Waals surface area contributed by atoms with Crippen LogP contribution in [0.4, 0.5) is 4.39 Å². The summed E-state index contributed by atoms with van der Waals surface area (Å²) in [6.07, 6.45) is 6.77. The van der Waals surface area contributed by atoms with E-state index in [1.54, 1.807) is 12.3 Å². The maximum Gasteiger partial charge on any atom is 0.258 e. The van der Waals surface area contributed by atoms with Gasteiger partial charge in [-0.25, -0.2) is 4.39 Å². The van der Waals surface area contributed by atoms with Crippen molar-refractivity contribution < 1.29 is 23.5 Å². The zero-order chi connectivity index (χ0) is 23.7. The molecule has 4 aliphatic rings. The van der Waals surface area contributed by atoms with Gasteiger partial charge in [0.25, 0.3) is 11.8 Å². The van der Waals surface area contributed by atoms with Crippen LogP contribution in [0.3, 0.4) is 0 Å². The lowest BCUT2D eigenvalue weighted by Crippen LogP contribution is -2.51. The number of ether oxygens (including phenoxy) is 2. The number of benzene rings is 1. The summed E-state index contributed by atoms with van der Waals surface area (Å²) in [6.45, 7) is 1.06. The van der Waals surface area contributed by atoms with Crippen molar-refractivity contribution in [1.82, 2.24) is 15.6 Å². The standard InChI is InChI=1S/C25H25ClFN3O4/c26-19-3-2-18(9-20(19)27)34-14-23(31)29-22-12-25(10-17(22)11-25)30-24(32)16-1-4-21(28-13-16)15-5-7-33-8-6-15/h1-5,9,13,17,22H,6-8,10-12,14H2,(H,29,31)(H,30,32)/t17?,22-,25?/m0/s1. The minimum absolute atomic E-state index is 0.00156. The number of aromatic nitrogens is 1. The molecular weight excluding hydrogens is 461 g/mol. The quantitative estimate of drug-likeness (QED) is 0.626. The van der Waals surface area contributed by atoms with E-state index in [1.165, 1.54) is 12.1 Å². The molecule has 0 radical (unpaired) electrons. The lowest BCUT2D eigenvalue weighted by atomic mass is 9.76. The summed E-state index contributed by atoms with van der Waals surface area (Å²) in [4.78, 5) is 29.6. The first-order valence-corrected chi connectivity index (χ1v) is 11.7. The SMILES string of the molecule is O=C(COc1ccc(Cl)c(F)c1)N[C@H]1CC2(NC(=O)c3ccc(C4=CCOCC4)nc3)CC1C2. The number of rotatable bonds is 7. The van der Waals surface area contributed by atoms with Gasteiger partial charge in [-0.15, -0.1) is 0 Å². The summed E-state index contributed by atoms with van der Waals surface area (Å²) in [7, 11) is 0. The van der Waals surface area contributed by atoms with E-state index in [0.29, 0.717) is 31.1 Å². The Morgan fingerprint density at radius 2 is 2.09 bits per heavy atom. The van der Waals surface area contributed by atoms with Gasteiger partial charge < -0.3 is 20.1 Å². The summed E-state index contributed by atoms with van der Waals surface area (Å²) in [6, 6.07) is 7.68. The Bertz CT molecular complexity index is 1130. The lowest BCUT2D eigenvalue weighted by Gasteiger charge is -2.39. The van der Waals surface area contributed by atoms with E-state index in [1.807, 2.05) is 12.1 Å². The zero-order valence-corrected chi connectivity index (χ0v) is 19.2. The highest BCUT2D eigenvalue weighted by atomic mass is 35.5. The third kappa shape index (κ3) is 4.79. The van der Waals surface area contributed by atoms with Gasteiger partial charge in [0.1, 0.15) is 11.6 Å². The molecule has 7 nitrogen and oxygen atoms in total. The Kier molecular flexibility index (Phi) is 6.27. The molecule has 3 fully saturated rings. The number of amides is 2. The Labute approximate surface area is 201 Å². The fraction of sp³-hybridized carbons (Fsp3) is 0.400. The molecule has 1 atom stereocenters. The van der Waals surface area contributed by atoms with Crippen LogP contribution in [0, 0.1) is 11.7 Å². The maximum atomic E-state index is 13.5. The predicted octanol–water partition coefficient (Wildman–Crippen LogP) is 3.52. The smallest absolute Gasteiger partial charge is 0.258 e. The van der Waals surface area contributed by atoms with Gasteiger partial charge in [0, 0.05) is 23.8 Å². The van der Waals surface area contributed by atoms with Crippen LogP contribution in [0.1, 0.15) is 41.7 Å². The zero-order valence-electron chi connectivity index (χ0n) is 18.5. The third-order valence-electron chi connectivity index (χ3n) is 6.79. The van der Waals surface area contributed by atoms with Crippen LogP contribution in [0.5, 0.6) is 5.75 Å². The van der Waals surface area contributed by atoms with E-state index in [2.05, 4.69) is 15.6 Å².